The number of rotatable bonds is 14. The van der Waals surface area contributed by atoms with Crippen LogP contribution in [0.15, 0.2) is 36.5 Å². The normalized spacial score (nSPS) is 22.1. The maximum atomic E-state index is 13.3. The zero-order valence-electron chi connectivity index (χ0n) is 31.4. The number of benzene rings is 1. The largest absolute Gasteiger partial charge is 0.384 e. The van der Waals surface area contributed by atoms with E-state index in [2.05, 4.69) is 44.3 Å². The van der Waals surface area contributed by atoms with Gasteiger partial charge in [0, 0.05) is 63.0 Å². The van der Waals surface area contributed by atoms with Crippen molar-refractivity contribution in [2.24, 2.45) is 0 Å². The summed E-state index contributed by atoms with van der Waals surface area (Å²) in [4.78, 5) is 73.7. The van der Waals surface area contributed by atoms with E-state index < -0.39 is 29.7 Å². The highest BCUT2D eigenvalue weighted by atomic mass is 35.5. The summed E-state index contributed by atoms with van der Waals surface area (Å²) in [5.74, 6) is -1.06. The summed E-state index contributed by atoms with van der Waals surface area (Å²) in [6, 6.07) is 6.62. The quantitative estimate of drug-likeness (QED) is 0.140. The molecule has 7 rings (SSSR count). The maximum absolute atomic E-state index is 13.3. The summed E-state index contributed by atoms with van der Waals surface area (Å²) < 4.78 is 1.76. The van der Waals surface area contributed by atoms with Gasteiger partial charge in [0.05, 0.1) is 29.6 Å². The van der Waals surface area contributed by atoms with Crippen LogP contribution in [-0.4, -0.2) is 123 Å². The molecule has 0 spiro atoms. The fourth-order valence-electron chi connectivity index (χ4n) is 8.15. The molecule has 5 amide bonds. The van der Waals surface area contributed by atoms with E-state index in [0.717, 1.165) is 80.1 Å². The summed E-state index contributed by atoms with van der Waals surface area (Å²) in [6.45, 7) is 9.00. The molecule has 2 unspecified atom stereocenters. The van der Waals surface area contributed by atoms with Crippen molar-refractivity contribution in [1.29, 1.82) is 0 Å². The minimum Gasteiger partial charge on any atom is -0.384 e. The van der Waals surface area contributed by atoms with Crippen LogP contribution in [0.5, 0.6) is 0 Å². The molecule has 3 aromatic rings. The van der Waals surface area contributed by atoms with Crippen LogP contribution in [0.3, 0.4) is 0 Å². The van der Waals surface area contributed by atoms with Gasteiger partial charge in [-0.05, 0) is 76.1 Å². The van der Waals surface area contributed by atoms with Gasteiger partial charge in [-0.2, -0.15) is 9.61 Å². The number of nitrogens with one attached hydrogen (secondary N) is 4. The number of imide groups is 2. The minimum atomic E-state index is -0.992. The summed E-state index contributed by atoms with van der Waals surface area (Å²) in [5, 5.41) is 17.7. The van der Waals surface area contributed by atoms with Crippen LogP contribution in [-0.2, 0) is 14.4 Å². The summed E-state index contributed by atoms with van der Waals surface area (Å²) in [6.07, 6.45) is 9.41. The van der Waals surface area contributed by atoms with E-state index in [1.165, 1.54) is 0 Å². The first kappa shape index (κ1) is 38.4. The number of hydrogen-bond donors (Lipinski definition) is 4. The topological polar surface area (TPSA) is 173 Å². The molecule has 5 heterocycles. The standard InChI is InChI=1S/C39H49ClN10O5/c1-3-24(4-2)30-21-32(50-36(45-30)28(40)22-43-50)44-26-11-10-25(20-26)42-23-34(52)48-18-16-47(17-19-48)15-6-5-14-41-29-9-7-8-27-35(29)39(55)49(38(27)54)31-12-13-33(51)46-37(31)53/h3,7-9,21-22,25-26,31,41-42,44H,4-6,10-20,23H2,1-2H3,(H,46,51,53)/b24-3+/t25?,26-,31?/m0/s1. The van der Waals surface area contributed by atoms with Crippen molar-refractivity contribution < 1.29 is 24.0 Å². The van der Waals surface area contributed by atoms with Gasteiger partial charge in [-0.25, -0.2) is 4.98 Å². The summed E-state index contributed by atoms with van der Waals surface area (Å²) >= 11 is 6.42. The van der Waals surface area contributed by atoms with Gasteiger partial charge >= 0.3 is 0 Å². The Kier molecular flexibility index (Phi) is 11.8. The Morgan fingerprint density at radius 3 is 2.60 bits per heavy atom. The van der Waals surface area contributed by atoms with Crippen LogP contribution < -0.4 is 21.3 Å². The van der Waals surface area contributed by atoms with Gasteiger partial charge in [0.1, 0.15) is 16.9 Å². The van der Waals surface area contributed by atoms with Gasteiger partial charge in [-0.15, -0.1) is 0 Å². The number of allylic oxidation sites excluding steroid dienone is 2. The molecule has 3 aliphatic heterocycles. The number of piperazine rings is 1. The zero-order chi connectivity index (χ0) is 38.6. The Hall–Kier alpha value is -4.86. The molecular weight excluding hydrogens is 724 g/mol. The molecule has 15 nitrogen and oxygen atoms in total. The van der Waals surface area contributed by atoms with Crippen molar-refractivity contribution in [2.45, 2.75) is 83.3 Å². The van der Waals surface area contributed by atoms with Crippen LogP contribution in [0.1, 0.15) is 91.6 Å². The first-order valence-electron chi connectivity index (χ1n) is 19.4. The fourth-order valence-corrected chi connectivity index (χ4v) is 8.32. The minimum absolute atomic E-state index is 0.0806. The SMILES string of the molecule is C/C=C(\CC)c1cc(N[C@H]2CCC(NCC(=O)N3CCN(CCCCNc4cccc5c4C(=O)N(C4CCC(=O)NC4=O)C5=O)CC3)C2)n2ncc(Cl)c2n1. The van der Waals surface area contributed by atoms with E-state index in [4.69, 9.17) is 16.6 Å². The summed E-state index contributed by atoms with van der Waals surface area (Å²) in [7, 11) is 0. The van der Waals surface area contributed by atoms with Crippen molar-refractivity contribution in [1.82, 2.24) is 39.9 Å². The van der Waals surface area contributed by atoms with E-state index in [0.29, 0.717) is 42.5 Å². The van der Waals surface area contributed by atoms with Crippen LogP contribution in [0, 0.1) is 0 Å². The molecule has 1 saturated carbocycles. The number of nitrogens with zero attached hydrogens (tertiary/aromatic N) is 6. The Balaban J connectivity index is 0.808. The van der Waals surface area contributed by atoms with E-state index in [1.807, 2.05) is 17.9 Å². The number of halogens is 1. The number of carbonyl (C=O) groups is 5. The molecule has 16 heteroatoms. The highest BCUT2D eigenvalue weighted by Crippen LogP contribution is 2.33. The third-order valence-corrected chi connectivity index (χ3v) is 11.5. The average Bonchev–Trinajstić information content (AvgIpc) is 3.87. The van der Waals surface area contributed by atoms with Crippen LogP contribution in [0.4, 0.5) is 11.5 Å². The van der Waals surface area contributed by atoms with Crippen molar-refractivity contribution in [3.8, 4) is 0 Å². The molecule has 3 atom stereocenters. The number of piperidine rings is 1. The van der Waals surface area contributed by atoms with E-state index >= 15 is 0 Å². The fraction of sp³-hybridized carbons (Fsp3) is 0.513. The Bertz CT molecular complexity index is 2010. The second-order valence-corrected chi connectivity index (χ2v) is 15.1. The molecular formula is C39H49ClN10O5. The van der Waals surface area contributed by atoms with Crippen LogP contribution in [0.25, 0.3) is 11.2 Å². The van der Waals surface area contributed by atoms with E-state index in [9.17, 15) is 24.0 Å². The van der Waals surface area contributed by atoms with Gasteiger partial charge in [-0.3, -0.25) is 39.1 Å². The lowest BCUT2D eigenvalue weighted by Gasteiger charge is -2.35. The van der Waals surface area contributed by atoms with Crippen LogP contribution >= 0.6 is 11.6 Å². The number of amides is 5. The number of carbonyl (C=O) groups excluding carboxylic acids is 5. The van der Waals surface area contributed by atoms with Crippen molar-refractivity contribution in [3.05, 3.63) is 58.4 Å². The first-order chi connectivity index (χ1) is 26.6. The van der Waals surface area contributed by atoms with Crippen LogP contribution in [0.2, 0.25) is 5.02 Å². The average molecular weight is 773 g/mol. The van der Waals surface area contributed by atoms with E-state index in [1.54, 1.807) is 28.9 Å². The molecule has 0 radical (unpaired) electrons. The Labute approximate surface area is 325 Å². The van der Waals surface area contributed by atoms with Gasteiger partial charge in [0.2, 0.25) is 17.7 Å². The molecule has 1 aromatic carbocycles. The van der Waals surface area contributed by atoms with Gasteiger partial charge in [0.25, 0.3) is 11.8 Å². The van der Waals surface area contributed by atoms with Gasteiger partial charge in [-0.1, -0.05) is 30.7 Å². The second kappa shape index (κ2) is 16.9. The predicted molar refractivity (Wildman–Crippen MR) is 209 cm³/mol. The highest BCUT2D eigenvalue weighted by Gasteiger charge is 2.45. The molecule has 292 valence electrons. The number of unbranched alkanes of at least 4 members (excludes halogenated alkanes) is 1. The lowest BCUT2D eigenvalue weighted by molar-refractivity contribution is -0.136. The molecule has 3 fully saturated rings. The Morgan fingerprint density at radius 1 is 1.04 bits per heavy atom. The predicted octanol–water partition coefficient (Wildman–Crippen LogP) is 3.56. The maximum Gasteiger partial charge on any atom is 0.264 e. The molecule has 4 N–H and O–H groups in total. The smallest absolute Gasteiger partial charge is 0.264 e. The Morgan fingerprint density at radius 2 is 1.84 bits per heavy atom. The molecule has 1 aliphatic carbocycles. The van der Waals surface area contributed by atoms with Gasteiger partial charge < -0.3 is 20.9 Å². The molecule has 0 bridgehead atoms. The molecule has 4 aliphatic rings. The second-order valence-electron chi connectivity index (χ2n) is 14.7. The monoisotopic (exact) mass is 772 g/mol. The van der Waals surface area contributed by atoms with E-state index in [-0.39, 0.29) is 42.0 Å². The third-order valence-electron chi connectivity index (χ3n) is 11.2. The van der Waals surface area contributed by atoms with Gasteiger partial charge in [0.15, 0.2) is 5.65 Å². The lowest BCUT2D eigenvalue weighted by atomic mass is 10.0. The number of anilines is 2. The molecule has 55 heavy (non-hydrogen) atoms. The van der Waals surface area contributed by atoms with Crippen molar-refractivity contribution in [2.75, 3.05) is 56.4 Å². The number of hydrogen-bond acceptors (Lipinski definition) is 11. The molecule has 2 saturated heterocycles. The number of fused-ring (bicyclic) bond motifs is 2. The molecule has 2 aromatic heterocycles. The lowest BCUT2D eigenvalue weighted by Crippen LogP contribution is -2.54. The van der Waals surface area contributed by atoms with Crippen molar-refractivity contribution >= 4 is 63.9 Å². The first-order valence-corrected chi connectivity index (χ1v) is 19.8. The van der Waals surface area contributed by atoms with Crippen molar-refractivity contribution in [3.63, 3.8) is 0 Å². The third kappa shape index (κ3) is 8.24. The zero-order valence-corrected chi connectivity index (χ0v) is 32.2. The highest BCUT2D eigenvalue weighted by molar-refractivity contribution is 6.33. The number of aromatic nitrogens is 3. The summed E-state index contributed by atoms with van der Waals surface area (Å²) in [5.41, 5.74) is 3.78.